The highest BCUT2D eigenvalue weighted by Crippen LogP contribution is 2.27. The third kappa shape index (κ3) is 3.76. The maximum atomic E-state index is 6.28. The number of nitrogens with zero attached hydrogens (tertiary/aromatic N) is 2. The maximum absolute atomic E-state index is 6.28. The van der Waals surface area contributed by atoms with E-state index in [0.29, 0.717) is 0 Å². The van der Waals surface area contributed by atoms with Gasteiger partial charge < -0.3 is 10.5 Å². The monoisotopic (exact) mass is 363 g/mol. The Balaban J connectivity index is 1.99. The number of ether oxygens (including phenoxy) is 1. The van der Waals surface area contributed by atoms with Gasteiger partial charge in [-0.15, -0.1) is 0 Å². The molecule has 1 aromatic heterocycles. The van der Waals surface area contributed by atoms with E-state index < -0.39 is 0 Å². The molecule has 22 heavy (non-hydrogen) atoms. The first-order valence-electron chi connectivity index (χ1n) is 8.04. The number of halogens is 1. The molecule has 0 saturated carbocycles. The molecule has 2 aliphatic rings. The van der Waals surface area contributed by atoms with Crippen molar-refractivity contribution in [3.63, 3.8) is 0 Å². The zero-order chi connectivity index (χ0) is 15.4. The standard InChI is InChI=1S/C17H22BrN3O/c18-15-9-5-8-14(20-15)17(12-6-1-2-7-13(12)19)21-16-10-3-4-11-22-16/h5,8-9,16H,1-4,6-7,10-11,19H2. The molecule has 118 valence electrons. The van der Waals surface area contributed by atoms with Crippen LogP contribution in [-0.2, 0) is 4.74 Å². The second-order valence-corrected chi connectivity index (χ2v) is 6.67. The number of hydrogen-bond donors (Lipinski definition) is 1. The summed E-state index contributed by atoms with van der Waals surface area (Å²) in [7, 11) is 0. The molecule has 1 aliphatic carbocycles. The van der Waals surface area contributed by atoms with Gasteiger partial charge in [0.25, 0.3) is 0 Å². The Morgan fingerprint density at radius 3 is 2.82 bits per heavy atom. The van der Waals surface area contributed by atoms with E-state index >= 15 is 0 Å². The first kappa shape index (κ1) is 15.7. The van der Waals surface area contributed by atoms with Crippen LogP contribution in [-0.4, -0.2) is 23.5 Å². The zero-order valence-electron chi connectivity index (χ0n) is 12.7. The van der Waals surface area contributed by atoms with Crippen LogP contribution in [0.25, 0.3) is 0 Å². The number of nitrogens with two attached hydrogens (primary N) is 1. The number of hydrogen-bond acceptors (Lipinski definition) is 4. The van der Waals surface area contributed by atoms with Crippen molar-refractivity contribution in [2.45, 2.75) is 51.2 Å². The predicted octanol–water partition coefficient (Wildman–Crippen LogP) is 3.95. The average Bonchev–Trinajstić information content (AvgIpc) is 2.54. The Morgan fingerprint density at radius 1 is 1.23 bits per heavy atom. The first-order valence-corrected chi connectivity index (χ1v) is 8.83. The highest BCUT2D eigenvalue weighted by atomic mass is 79.9. The van der Waals surface area contributed by atoms with Gasteiger partial charge in [-0.3, -0.25) is 4.99 Å². The second-order valence-electron chi connectivity index (χ2n) is 5.86. The summed E-state index contributed by atoms with van der Waals surface area (Å²) in [6.07, 6.45) is 7.46. The van der Waals surface area contributed by atoms with Gasteiger partial charge in [0.2, 0.25) is 0 Å². The van der Waals surface area contributed by atoms with Crippen LogP contribution in [0.5, 0.6) is 0 Å². The van der Waals surface area contributed by atoms with E-state index in [-0.39, 0.29) is 6.23 Å². The van der Waals surface area contributed by atoms with Gasteiger partial charge in [0, 0.05) is 12.3 Å². The Morgan fingerprint density at radius 2 is 2.09 bits per heavy atom. The predicted molar refractivity (Wildman–Crippen MR) is 91.7 cm³/mol. The minimum atomic E-state index is -0.0632. The summed E-state index contributed by atoms with van der Waals surface area (Å²) < 4.78 is 6.61. The number of allylic oxidation sites excluding steroid dienone is 2. The molecule has 0 bridgehead atoms. The van der Waals surface area contributed by atoms with Gasteiger partial charge in [0.05, 0.1) is 11.4 Å². The lowest BCUT2D eigenvalue weighted by Gasteiger charge is -2.23. The molecule has 5 heteroatoms. The molecular formula is C17H22BrN3O. The van der Waals surface area contributed by atoms with Crippen molar-refractivity contribution in [3.05, 3.63) is 39.8 Å². The van der Waals surface area contributed by atoms with Crippen molar-refractivity contribution in [3.8, 4) is 0 Å². The lowest BCUT2D eigenvalue weighted by Crippen LogP contribution is -2.23. The van der Waals surface area contributed by atoms with E-state index in [0.717, 1.165) is 72.4 Å². The van der Waals surface area contributed by atoms with Crippen molar-refractivity contribution in [2.24, 2.45) is 10.7 Å². The van der Waals surface area contributed by atoms with E-state index in [4.69, 9.17) is 15.5 Å². The van der Waals surface area contributed by atoms with Crippen LogP contribution in [0.4, 0.5) is 0 Å². The third-order valence-corrected chi connectivity index (χ3v) is 4.62. The average molecular weight is 364 g/mol. The van der Waals surface area contributed by atoms with E-state index in [1.165, 1.54) is 6.42 Å². The maximum Gasteiger partial charge on any atom is 0.149 e. The van der Waals surface area contributed by atoms with Crippen molar-refractivity contribution in [2.75, 3.05) is 6.61 Å². The van der Waals surface area contributed by atoms with E-state index in [2.05, 4.69) is 20.9 Å². The molecule has 1 aliphatic heterocycles. The molecule has 0 amide bonds. The second kappa shape index (κ2) is 7.38. The molecule has 1 atom stereocenters. The Kier molecular flexibility index (Phi) is 5.26. The normalized spacial score (nSPS) is 23.7. The van der Waals surface area contributed by atoms with E-state index in [1.54, 1.807) is 0 Å². The number of pyridine rings is 1. The Bertz CT molecular complexity index is 591. The van der Waals surface area contributed by atoms with Crippen LogP contribution in [0, 0.1) is 0 Å². The van der Waals surface area contributed by atoms with Crippen molar-refractivity contribution in [1.29, 1.82) is 0 Å². The largest absolute Gasteiger partial charge is 0.402 e. The molecular weight excluding hydrogens is 342 g/mol. The van der Waals surface area contributed by atoms with Crippen molar-refractivity contribution < 1.29 is 4.74 Å². The van der Waals surface area contributed by atoms with Gasteiger partial charge in [0.1, 0.15) is 10.8 Å². The SMILES string of the molecule is NC1=C(C(=NC2CCCCO2)c2cccc(Br)n2)CCCC1. The van der Waals surface area contributed by atoms with Crippen LogP contribution in [0.3, 0.4) is 0 Å². The topological polar surface area (TPSA) is 60.5 Å². The van der Waals surface area contributed by atoms with Gasteiger partial charge in [-0.2, -0.15) is 0 Å². The van der Waals surface area contributed by atoms with Gasteiger partial charge in [-0.1, -0.05) is 6.07 Å². The smallest absolute Gasteiger partial charge is 0.149 e. The van der Waals surface area contributed by atoms with Crippen LogP contribution in [0.1, 0.15) is 50.6 Å². The third-order valence-electron chi connectivity index (χ3n) is 4.18. The summed E-state index contributed by atoms with van der Waals surface area (Å²) in [5.41, 5.74) is 10.2. The van der Waals surface area contributed by atoms with Gasteiger partial charge >= 0.3 is 0 Å². The van der Waals surface area contributed by atoms with E-state index in [1.807, 2.05) is 18.2 Å². The van der Waals surface area contributed by atoms with Crippen LogP contribution in [0.2, 0.25) is 0 Å². The molecule has 1 saturated heterocycles. The molecule has 0 aromatic carbocycles. The lowest BCUT2D eigenvalue weighted by atomic mass is 9.91. The highest BCUT2D eigenvalue weighted by molar-refractivity contribution is 9.10. The number of aromatic nitrogens is 1. The van der Waals surface area contributed by atoms with Crippen LogP contribution < -0.4 is 5.73 Å². The summed E-state index contributed by atoms with van der Waals surface area (Å²) >= 11 is 3.45. The fourth-order valence-corrected chi connectivity index (χ4v) is 3.35. The molecule has 0 spiro atoms. The molecule has 1 aromatic rings. The summed E-state index contributed by atoms with van der Waals surface area (Å²) in [6.45, 7) is 0.794. The molecule has 3 rings (SSSR count). The summed E-state index contributed by atoms with van der Waals surface area (Å²) in [5, 5.41) is 0. The minimum Gasteiger partial charge on any atom is -0.402 e. The summed E-state index contributed by atoms with van der Waals surface area (Å²) in [5.74, 6) is 0. The zero-order valence-corrected chi connectivity index (χ0v) is 14.3. The first-order chi connectivity index (χ1) is 10.7. The Hall–Kier alpha value is -1.20. The van der Waals surface area contributed by atoms with E-state index in [9.17, 15) is 0 Å². The summed E-state index contributed by atoms with van der Waals surface area (Å²) in [4.78, 5) is 9.48. The van der Waals surface area contributed by atoms with Crippen LogP contribution in [0.15, 0.2) is 39.1 Å². The quantitative estimate of drug-likeness (QED) is 0.653. The van der Waals surface area contributed by atoms with Crippen LogP contribution >= 0.6 is 15.9 Å². The fraction of sp³-hybridized carbons (Fsp3) is 0.529. The van der Waals surface area contributed by atoms with Crippen molar-refractivity contribution in [1.82, 2.24) is 4.98 Å². The lowest BCUT2D eigenvalue weighted by molar-refractivity contribution is 0.0224. The summed E-state index contributed by atoms with van der Waals surface area (Å²) in [6, 6.07) is 5.92. The molecule has 2 heterocycles. The molecule has 1 unspecified atom stereocenters. The minimum absolute atomic E-state index is 0.0632. The molecule has 0 radical (unpaired) electrons. The fourth-order valence-electron chi connectivity index (χ4n) is 3.01. The number of rotatable bonds is 3. The highest BCUT2D eigenvalue weighted by Gasteiger charge is 2.21. The van der Waals surface area contributed by atoms with Gasteiger partial charge in [-0.05, 0) is 78.6 Å². The van der Waals surface area contributed by atoms with Crippen molar-refractivity contribution >= 4 is 21.6 Å². The van der Waals surface area contributed by atoms with Gasteiger partial charge in [0.15, 0.2) is 0 Å². The number of aliphatic imine (C=N–C) groups is 1. The molecule has 4 nitrogen and oxygen atoms in total. The van der Waals surface area contributed by atoms with Gasteiger partial charge in [-0.25, -0.2) is 4.98 Å². The Labute approximate surface area is 140 Å². The molecule has 1 fully saturated rings. The molecule has 2 N–H and O–H groups in total.